The Kier molecular flexibility index (Phi) is 6.21. The van der Waals surface area contributed by atoms with Crippen LogP contribution in [0.3, 0.4) is 0 Å². The lowest BCUT2D eigenvalue weighted by atomic mass is 10.1. The van der Waals surface area contributed by atoms with E-state index in [2.05, 4.69) is 28.3 Å². The standard InChI is InChI=1S/C17H27N3O/c1-3-16-17(21)9-8-15(18-16)7-5-6-10-20-13-11-19(4-2)12-14-20/h3,8-9,21H,1,4-7,10-14H2,2H3. The van der Waals surface area contributed by atoms with Crippen molar-refractivity contribution in [1.29, 1.82) is 0 Å². The first-order valence-electron chi connectivity index (χ1n) is 7.99. The highest BCUT2D eigenvalue weighted by Crippen LogP contribution is 2.16. The third-order valence-electron chi connectivity index (χ3n) is 4.22. The van der Waals surface area contributed by atoms with Crippen molar-refractivity contribution in [3.05, 3.63) is 30.1 Å². The molecule has 0 saturated carbocycles. The van der Waals surface area contributed by atoms with Crippen LogP contribution in [0.5, 0.6) is 5.75 Å². The van der Waals surface area contributed by atoms with Gasteiger partial charge < -0.3 is 14.9 Å². The molecule has 0 atom stereocenters. The number of nitrogens with zero attached hydrogens (tertiary/aromatic N) is 3. The molecular weight excluding hydrogens is 262 g/mol. The van der Waals surface area contributed by atoms with Gasteiger partial charge in [-0.15, -0.1) is 0 Å². The molecule has 1 saturated heterocycles. The van der Waals surface area contributed by atoms with Gasteiger partial charge in [-0.05, 0) is 50.6 Å². The molecule has 1 aliphatic heterocycles. The van der Waals surface area contributed by atoms with Crippen molar-refractivity contribution >= 4 is 6.08 Å². The van der Waals surface area contributed by atoms with Gasteiger partial charge in [-0.2, -0.15) is 0 Å². The van der Waals surface area contributed by atoms with Crippen LogP contribution in [0.4, 0.5) is 0 Å². The second-order valence-electron chi connectivity index (χ2n) is 5.64. The Morgan fingerprint density at radius 1 is 1.19 bits per heavy atom. The zero-order valence-corrected chi connectivity index (χ0v) is 13.1. The van der Waals surface area contributed by atoms with Crippen molar-refractivity contribution < 1.29 is 5.11 Å². The van der Waals surface area contributed by atoms with Crippen LogP contribution in [-0.2, 0) is 6.42 Å². The average molecular weight is 289 g/mol. The molecule has 21 heavy (non-hydrogen) atoms. The van der Waals surface area contributed by atoms with Crippen molar-refractivity contribution in [3.63, 3.8) is 0 Å². The fraction of sp³-hybridized carbons (Fsp3) is 0.588. The zero-order chi connectivity index (χ0) is 15.1. The number of pyridine rings is 1. The molecule has 2 heterocycles. The van der Waals surface area contributed by atoms with Crippen molar-refractivity contribution in [2.75, 3.05) is 39.3 Å². The van der Waals surface area contributed by atoms with Crippen LogP contribution in [0.2, 0.25) is 0 Å². The number of piperazine rings is 1. The molecule has 1 aromatic rings. The highest BCUT2D eigenvalue weighted by molar-refractivity contribution is 5.50. The maximum absolute atomic E-state index is 9.57. The second-order valence-corrected chi connectivity index (χ2v) is 5.64. The summed E-state index contributed by atoms with van der Waals surface area (Å²) in [5.74, 6) is 0.211. The highest BCUT2D eigenvalue weighted by atomic mass is 16.3. The molecule has 2 rings (SSSR count). The maximum atomic E-state index is 9.57. The largest absolute Gasteiger partial charge is 0.506 e. The van der Waals surface area contributed by atoms with E-state index in [1.165, 1.54) is 45.7 Å². The van der Waals surface area contributed by atoms with Crippen molar-refractivity contribution in [2.45, 2.75) is 26.2 Å². The van der Waals surface area contributed by atoms with E-state index >= 15 is 0 Å². The van der Waals surface area contributed by atoms with Crippen LogP contribution >= 0.6 is 0 Å². The molecule has 1 N–H and O–H groups in total. The summed E-state index contributed by atoms with van der Waals surface area (Å²) >= 11 is 0. The van der Waals surface area contributed by atoms with E-state index in [4.69, 9.17) is 0 Å². The lowest BCUT2D eigenvalue weighted by Crippen LogP contribution is -2.46. The first kappa shape index (κ1) is 16.0. The smallest absolute Gasteiger partial charge is 0.141 e. The van der Waals surface area contributed by atoms with E-state index in [-0.39, 0.29) is 5.75 Å². The summed E-state index contributed by atoms with van der Waals surface area (Å²) in [6, 6.07) is 3.62. The van der Waals surface area contributed by atoms with E-state index < -0.39 is 0 Å². The lowest BCUT2D eigenvalue weighted by molar-refractivity contribution is 0.135. The number of aryl methyl sites for hydroxylation is 1. The van der Waals surface area contributed by atoms with Crippen molar-refractivity contribution in [3.8, 4) is 5.75 Å². The summed E-state index contributed by atoms with van der Waals surface area (Å²) in [6.45, 7) is 13.1. The Bertz CT molecular complexity index is 453. The van der Waals surface area contributed by atoms with Gasteiger partial charge in [0.25, 0.3) is 0 Å². The number of rotatable bonds is 7. The molecule has 0 unspecified atom stereocenters. The number of hydrogen-bond donors (Lipinski definition) is 1. The Labute approximate surface area is 128 Å². The molecule has 0 aromatic carbocycles. The first-order chi connectivity index (χ1) is 10.2. The summed E-state index contributed by atoms with van der Waals surface area (Å²) in [6.07, 6.45) is 4.92. The van der Waals surface area contributed by atoms with Gasteiger partial charge in [-0.1, -0.05) is 13.5 Å². The molecule has 0 amide bonds. The van der Waals surface area contributed by atoms with Gasteiger partial charge in [-0.25, -0.2) is 4.98 Å². The van der Waals surface area contributed by atoms with Crippen molar-refractivity contribution in [1.82, 2.24) is 14.8 Å². The number of hydrogen-bond acceptors (Lipinski definition) is 4. The third kappa shape index (κ3) is 4.83. The van der Waals surface area contributed by atoms with Gasteiger partial charge in [0.2, 0.25) is 0 Å². The molecule has 116 valence electrons. The predicted octanol–water partition coefficient (Wildman–Crippen LogP) is 2.39. The van der Waals surface area contributed by atoms with Gasteiger partial charge in [0.1, 0.15) is 11.4 Å². The van der Waals surface area contributed by atoms with Crippen LogP contribution in [0.25, 0.3) is 6.08 Å². The van der Waals surface area contributed by atoms with Crippen LogP contribution < -0.4 is 0 Å². The Morgan fingerprint density at radius 3 is 2.57 bits per heavy atom. The summed E-state index contributed by atoms with van der Waals surface area (Å²) in [5.41, 5.74) is 1.63. The molecular formula is C17H27N3O. The van der Waals surface area contributed by atoms with Crippen LogP contribution in [0, 0.1) is 0 Å². The van der Waals surface area contributed by atoms with E-state index in [0.29, 0.717) is 5.69 Å². The molecule has 0 radical (unpaired) electrons. The van der Waals surface area contributed by atoms with E-state index in [1.807, 2.05) is 6.07 Å². The minimum Gasteiger partial charge on any atom is -0.506 e. The third-order valence-corrected chi connectivity index (χ3v) is 4.22. The molecule has 0 spiro atoms. The van der Waals surface area contributed by atoms with E-state index in [0.717, 1.165) is 18.5 Å². The highest BCUT2D eigenvalue weighted by Gasteiger charge is 2.14. The monoisotopic (exact) mass is 289 g/mol. The Balaban J connectivity index is 1.67. The number of aromatic hydroxyl groups is 1. The molecule has 1 fully saturated rings. The first-order valence-corrected chi connectivity index (χ1v) is 7.99. The van der Waals surface area contributed by atoms with E-state index in [1.54, 1.807) is 12.1 Å². The lowest BCUT2D eigenvalue weighted by Gasteiger charge is -2.33. The Morgan fingerprint density at radius 2 is 1.90 bits per heavy atom. The quantitative estimate of drug-likeness (QED) is 0.782. The molecule has 4 nitrogen and oxygen atoms in total. The van der Waals surface area contributed by atoms with Gasteiger partial charge in [0.05, 0.1) is 0 Å². The van der Waals surface area contributed by atoms with Crippen molar-refractivity contribution in [2.24, 2.45) is 0 Å². The summed E-state index contributed by atoms with van der Waals surface area (Å²) in [5, 5.41) is 9.57. The fourth-order valence-electron chi connectivity index (χ4n) is 2.77. The molecule has 1 aliphatic rings. The summed E-state index contributed by atoms with van der Waals surface area (Å²) < 4.78 is 0. The van der Waals surface area contributed by atoms with Gasteiger partial charge in [-0.3, -0.25) is 0 Å². The fourth-order valence-corrected chi connectivity index (χ4v) is 2.77. The SMILES string of the molecule is C=Cc1nc(CCCCN2CCN(CC)CC2)ccc1O. The number of unbranched alkanes of at least 4 members (excludes halogenated alkanes) is 1. The normalized spacial score (nSPS) is 17.0. The number of likely N-dealkylation sites (N-methyl/N-ethyl adjacent to an activating group) is 1. The minimum atomic E-state index is 0.211. The summed E-state index contributed by atoms with van der Waals surface area (Å²) in [4.78, 5) is 9.48. The molecule has 0 bridgehead atoms. The Hall–Kier alpha value is -1.39. The van der Waals surface area contributed by atoms with Gasteiger partial charge in [0, 0.05) is 31.9 Å². The molecule has 1 aromatic heterocycles. The van der Waals surface area contributed by atoms with Crippen LogP contribution in [0.15, 0.2) is 18.7 Å². The van der Waals surface area contributed by atoms with Gasteiger partial charge in [0.15, 0.2) is 0 Å². The van der Waals surface area contributed by atoms with E-state index in [9.17, 15) is 5.11 Å². The maximum Gasteiger partial charge on any atom is 0.141 e. The second kappa shape index (κ2) is 8.15. The van der Waals surface area contributed by atoms with Gasteiger partial charge >= 0.3 is 0 Å². The summed E-state index contributed by atoms with van der Waals surface area (Å²) in [7, 11) is 0. The van der Waals surface area contributed by atoms with Crippen LogP contribution in [0.1, 0.15) is 31.2 Å². The zero-order valence-electron chi connectivity index (χ0n) is 13.1. The predicted molar refractivity (Wildman–Crippen MR) is 87.5 cm³/mol. The minimum absolute atomic E-state index is 0.211. The topological polar surface area (TPSA) is 39.6 Å². The average Bonchev–Trinajstić information content (AvgIpc) is 2.53. The molecule has 4 heteroatoms. The number of aromatic nitrogens is 1. The van der Waals surface area contributed by atoms with Crippen LogP contribution in [-0.4, -0.2) is 59.2 Å². The molecule has 0 aliphatic carbocycles.